The van der Waals surface area contributed by atoms with Crippen LogP contribution in [0, 0.1) is 0 Å². The maximum atomic E-state index is 12.3. The van der Waals surface area contributed by atoms with E-state index in [1.807, 2.05) is 77.6 Å². The molecule has 0 unspecified atom stereocenters. The van der Waals surface area contributed by atoms with E-state index in [1.54, 1.807) is 18.3 Å². The molecule has 0 radical (unpaired) electrons. The number of aromatic nitrogens is 1. The van der Waals surface area contributed by atoms with Crippen molar-refractivity contribution < 1.29 is 9.90 Å². The number of para-hydroxylation sites is 1. The summed E-state index contributed by atoms with van der Waals surface area (Å²) in [6, 6.07) is 22.6. The number of carbonyl (C=O) groups is 1. The Hall–Kier alpha value is -3.86. The van der Waals surface area contributed by atoms with E-state index in [4.69, 9.17) is 0 Å². The highest BCUT2D eigenvalue weighted by Crippen LogP contribution is 2.24. The van der Waals surface area contributed by atoms with Crippen LogP contribution in [0.4, 0.5) is 0 Å². The summed E-state index contributed by atoms with van der Waals surface area (Å²) in [4.78, 5) is 12.3. The Balaban J connectivity index is 1.48. The highest BCUT2D eigenvalue weighted by Gasteiger charge is 2.11. The lowest BCUT2D eigenvalue weighted by Gasteiger charge is -2.05. The molecule has 3 aromatic carbocycles. The van der Waals surface area contributed by atoms with E-state index in [9.17, 15) is 9.90 Å². The molecule has 4 rings (SSSR count). The van der Waals surface area contributed by atoms with E-state index >= 15 is 0 Å². The van der Waals surface area contributed by atoms with Crippen molar-refractivity contribution >= 4 is 22.9 Å². The summed E-state index contributed by atoms with van der Waals surface area (Å²) in [5.74, 6) is -0.534. The largest absolute Gasteiger partial charge is 0.507 e. The first-order valence-electron chi connectivity index (χ1n) is 8.49. The van der Waals surface area contributed by atoms with Gasteiger partial charge in [0, 0.05) is 23.6 Å². The van der Waals surface area contributed by atoms with Crippen molar-refractivity contribution in [3.63, 3.8) is 0 Å². The number of hydrazone groups is 1. The van der Waals surface area contributed by atoms with E-state index in [0.29, 0.717) is 0 Å². The van der Waals surface area contributed by atoms with Gasteiger partial charge < -0.3 is 9.67 Å². The fraction of sp³-hybridized carbons (Fsp3) is 0. The molecule has 0 spiro atoms. The van der Waals surface area contributed by atoms with Crippen molar-refractivity contribution in [2.24, 2.45) is 5.10 Å². The van der Waals surface area contributed by atoms with Crippen LogP contribution in [0.25, 0.3) is 16.5 Å². The molecule has 1 heterocycles. The highest BCUT2D eigenvalue weighted by atomic mass is 16.3. The first-order chi connectivity index (χ1) is 13.2. The van der Waals surface area contributed by atoms with E-state index in [2.05, 4.69) is 10.5 Å². The van der Waals surface area contributed by atoms with Crippen LogP contribution in [0.2, 0.25) is 0 Å². The number of nitrogens with one attached hydrogen (secondary N) is 1. The van der Waals surface area contributed by atoms with Crippen LogP contribution in [-0.4, -0.2) is 21.8 Å². The zero-order valence-electron chi connectivity index (χ0n) is 14.4. The molecule has 0 atom stereocenters. The van der Waals surface area contributed by atoms with Crippen LogP contribution in [-0.2, 0) is 0 Å². The third kappa shape index (κ3) is 3.57. The Morgan fingerprint density at radius 1 is 0.963 bits per heavy atom. The van der Waals surface area contributed by atoms with Gasteiger partial charge in [0.2, 0.25) is 0 Å². The number of hydrogen-bond donors (Lipinski definition) is 2. The zero-order chi connectivity index (χ0) is 18.6. The Kier molecular flexibility index (Phi) is 4.41. The molecular weight excluding hydrogens is 338 g/mol. The third-order valence-electron chi connectivity index (χ3n) is 4.26. The molecule has 0 fully saturated rings. The zero-order valence-corrected chi connectivity index (χ0v) is 14.4. The number of fused-ring (bicyclic) bond motifs is 1. The van der Waals surface area contributed by atoms with E-state index < -0.39 is 5.91 Å². The van der Waals surface area contributed by atoms with Crippen molar-refractivity contribution in [2.75, 3.05) is 0 Å². The van der Waals surface area contributed by atoms with Crippen molar-refractivity contribution in [3.05, 3.63) is 96.3 Å². The molecule has 0 aliphatic carbocycles. The molecule has 0 saturated heterocycles. The average Bonchev–Trinajstić information content (AvgIpc) is 3.17. The summed E-state index contributed by atoms with van der Waals surface area (Å²) in [5.41, 5.74) is 4.54. The van der Waals surface area contributed by atoms with Gasteiger partial charge >= 0.3 is 0 Å². The number of amides is 1. The maximum Gasteiger partial charge on any atom is 0.275 e. The van der Waals surface area contributed by atoms with Gasteiger partial charge in [0.25, 0.3) is 5.91 Å². The second kappa shape index (κ2) is 7.17. The molecule has 0 saturated carbocycles. The second-order valence-electron chi connectivity index (χ2n) is 6.10. The van der Waals surface area contributed by atoms with E-state index in [-0.39, 0.29) is 11.3 Å². The monoisotopic (exact) mass is 355 g/mol. The van der Waals surface area contributed by atoms with Crippen LogP contribution in [0.5, 0.6) is 5.75 Å². The van der Waals surface area contributed by atoms with Gasteiger partial charge in [-0.15, -0.1) is 0 Å². The smallest absolute Gasteiger partial charge is 0.275 e. The minimum Gasteiger partial charge on any atom is -0.507 e. The lowest BCUT2D eigenvalue weighted by Crippen LogP contribution is -2.17. The van der Waals surface area contributed by atoms with Crippen LogP contribution in [0.1, 0.15) is 15.9 Å². The number of carbonyl (C=O) groups excluding carboxylic acids is 1. The SMILES string of the molecule is O=C(N/N=C\c1ccn(-c2ccccc2)c1)c1cc2ccccc2cc1O. The molecule has 2 N–H and O–H groups in total. The summed E-state index contributed by atoms with van der Waals surface area (Å²) in [7, 11) is 0. The number of rotatable bonds is 4. The molecule has 0 bridgehead atoms. The Morgan fingerprint density at radius 3 is 2.44 bits per heavy atom. The molecular formula is C22H17N3O2. The molecule has 5 nitrogen and oxygen atoms in total. The number of phenolic OH excluding ortho intramolecular Hbond substituents is 1. The number of phenols is 1. The standard InChI is InChI=1S/C22H17N3O2/c26-21-13-18-7-5-4-6-17(18)12-20(21)22(27)24-23-14-16-10-11-25(15-16)19-8-2-1-3-9-19/h1-15,26H,(H,24,27)/b23-14-. The van der Waals surface area contributed by atoms with E-state index in [0.717, 1.165) is 22.0 Å². The van der Waals surface area contributed by atoms with Crippen molar-refractivity contribution in [3.8, 4) is 11.4 Å². The summed E-state index contributed by atoms with van der Waals surface area (Å²) >= 11 is 0. The normalized spacial score (nSPS) is 11.1. The minimum atomic E-state index is -0.461. The topological polar surface area (TPSA) is 66.6 Å². The van der Waals surface area contributed by atoms with Crippen molar-refractivity contribution in [1.82, 2.24) is 9.99 Å². The third-order valence-corrected chi connectivity index (χ3v) is 4.26. The molecule has 5 heteroatoms. The van der Waals surface area contributed by atoms with Gasteiger partial charge in [-0.25, -0.2) is 5.43 Å². The fourth-order valence-electron chi connectivity index (χ4n) is 2.89. The summed E-state index contributed by atoms with van der Waals surface area (Å²) in [6.07, 6.45) is 5.40. The number of aromatic hydroxyl groups is 1. The lowest BCUT2D eigenvalue weighted by atomic mass is 10.1. The molecule has 132 valence electrons. The number of nitrogens with zero attached hydrogens (tertiary/aromatic N) is 2. The highest BCUT2D eigenvalue weighted by molar-refractivity contribution is 6.01. The van der Waals surface area contributed by atoms with Gasteiger partial charge in [0.05, 0.1) is 11.8 Å². The van der Waals surface area contributed by atoms with Crippen LogP contribution >= 0.6 is 0 Å². The van der Waals surface area contributed by atoms with Crippen LogP contribution in [0.15, 0.2) is 90.3 Å². The predicted octanol–water partition coefficient (Wildman–Crippen LogP) is 4.10. The molecule has 1 amide bonds. The second-order valence-corrected chi connectivity index (χ2v) is 6.10. The van der Waals surface area contributed by atoms with Crippen LogP contribution in [0.3, 0.4) is 0 Å². The van der Waals surface area contributed by atoms with Gasteiger partial charge in [-0.2, -0.15) is 5.10 Å². The minimum absolute atomic E-state index is 0.0726. The Morgan fingerprint density at radius 2 is 1.67 bits per heavy atom. The van der Waals surface area contributed by atoms with Gasteiger partial charge in [0.1, 0.15) is 5.75 Å². The van der Waals surface area contributed by atoms with E-state index in [1.165, 1.54) is 0 Å². The maximum absolute atomic E-state index is 12.3. The summed E-state index contributed by atoms with van der Waals surface area (Å²) in [6.45, 7) is 0. The molecule has 0 aliphatic heterocycles. The lowest BCUT2D eigenvalue weighted by molar-refractivity contribution is 0.0952. The fourth-order valence-corrected chi connectivity index (χ4v) is 2.89. The van der Waals surface area contributed by atoms with Crippen LogP contribution < -0.4 is 5.43 Å². The van der Waals surface area contributed by atoms with Gasteiger partial charge in [-0.1, -0.05) is 42.5 Å². The number of benzene rings is 3. The first kappa shape index (κ1) is 16.6. The number of hydrogen-bond acceptors (Lipinski definition) is 3. The first-order valence-corrected chi connectivity index (χ1v) is 8.49. The predicted molar refractivity (Wildman–Crippen MR) is 106 cm³/mol. The summed E-state index contributed by atoms with van der Waals surface area (Å²) in [5, 5.41) is 15.9. The van der Waals surface area contributed by atoms with Crippen molar-refractivity contribution in [1.29, 1.82) is 0 Å². The molecule has 27 heavy (non-hydrogen) atoms. The Labute approximate surface area is 156 Å². The Bertz CT molecular complexity index is 1130. The van der Waals surface area contributed by atoms with Gasteiger partial charge in [0.15, 0.2) is 0 Å². The average molecular weight is 355 g/mol. The molecule has 1 aromatic heterocycles. The van der Waals surface area contributed by atoms with Gasteiger partial charge in [-0.05, 0) is 41.1 Å². The molecule has 4 aromatic rings. The summed E-state index contributed by atoms with van der Waals surface area (Å²) < 4.78 is 1.97. The van der Waals surface area contributed by atoms with Crippen molar-refractivity contribution in [2.45, 2.75) is 0 Å². The quantitative estimate of drug-likeness (QED) is 0.427. The molecule has 0 aliphatic rings. The van der Waals surface area contributed by atoms with Gasteiger partial charge in [-0.3, -0.25) is 4.79 Å².